The van der Waals surface area contributed by atoms with Crippen molar-refractivity contribution < 1.29 is 18.3 Å². The van der Waals surface area contributed by atoms with Gasteiger partial charge in [-0.05, 0) is 74.2 Å². The van der Waals surface area contributed by atoms with Gasteiger partial charge in [-0.2, -0.15) is 5.26 Å². The quantitative estimate of drug-likeness (QED) is 0.572. The van der Waals surface area contributed by atoms with Gasteiger partial charge in [0, 0.05) is 30.6 Å². The number of hydrogen-bond acceptors (Lipinski definition) is 6. The van der Waals surface area contributed by atoms with Crippen LogP contribution in [0.3, 0.4) is 0 Å². The van der Waals surface area contributed by atoms with E-state index in [-0.39, 0.29) is 4.90 Å². The maximum absolute atomic E-state index is 12.6. The number of sulfone groups is 1. The van der Waals surface area contributed by atoms with Crippen molar-refractivity contribution in [2.24, 2.45) is 11.8 Å². The van der Waals surface area contributed by atoms with Crippen LogP contribution in [-0.2, 0) is 16.3 Å². The fourth-order valence-corrected chi connectivity index (χ4v) is 5.57. The molecular formula is C25H31ClN2O4S. The molecule has 2 atom stereocenters. The molecule has 0 aromatic heterocycles. The summed E-state index contributed by atoms with van der Waals surface area (Å²) in [5, 5.41) is 19.1. The smallest absolute Gasteiger partial charge is 0.185 e. The minimum Gasteiger partial charge on any atom is -0.493 e. The summed E-state index contributed by atoms with van der Waals surface area (Å²) in [7, 11) is -3.63. The Morgan fingerprint density at radius 2 is 1.91 bits per heavy atom. The molecule has 1 heterocycles. The van der Waals surface area contributed by atoms with E-state index in [0.717, 1.165) is 31.6 Å². The molecule has 3 rings (SSSR count). The van der Waals surface area contributed by atoms with Crippen LogP contribution >= 0.6 is 11.6 Å². The van der Waals surface area contributed by atoms with Crippen molar-refractivity contribution in [3.63, 3.8) is 0 Å². The van der Waals surface area contributed by atoms with Crippen LogP contribution in [0.4, 0.5) is 0 Å². The summed E-state index contributed by atoms with van der Waals surface area (Å²) >= 11 is 6.11. The molecule has 0 aliphatic carbocycles. The molecule has 1 N–H and O–H groups in total. The van der Waals surface area contributed by atoms with Crippen LogP contribution in [0.2, 0.25) is 5.02 Å². The molecule has 0 bridgehead atoms. The minimum atomic E-state index is -3.63. The number of aliphatic hydroxyl groups excluding tert-OH is 1. The highest BCUT2D eigenvalue weighted by atomic mass is 35.5. The Hall–Kier alpha value is -2.11. The molecule has 6 nitrogen and oxygen atoms in total. The summed E-state index contributed by atoms with van der Waals surface area (Å²) in [5.41, 5.74) is 1.64. The van der Waals surface area contributed by atoms with Crippen LogP contribution in [0.25, 0.3) is 0 Å². The van der Waals surface area contributed by atoms with E-state index in [2.05, 4.69) is 17.9 Å². The minimum absolute atomic E-state index is 0.176. The number of nitrogens with zero attached hydrogens (tertiary/aromatic N) is 2. The number of ether oxygens (including phenoxy) is 1. The Morgan fingerprint density at radius 3 is 2.55 bits per heavy atom. The molecule has 0 radical (unpaired) electrons. The van der Waals surface area contributed by atoms with E-state index in [4.69, 9.17) is 21.6 Å². The summed E-state index contributed by atoms with van der Waals surface area (Å²) in [5.74, 6) is 1.48. The van der Waals surface area contributed by atoms with Gasteiger partial charge in [-0.25, -0.2) is 8.42 Å². The molecule has 33 heavy (non-hydrogen) atoms. The fourth-order valence-electron chi connectivity index (χ4n) is 4.01. The van der Waals surface area contributed by atoms with Gasteiger partial charge < -0.3 is 14.7 Å². The van der Waals surface area contributed by atoms with Crippen LogP contribution in [0, 0.1) is 23.2 Å². The largest absolute Gasteiger partial charge is 0.493 e. The Balaban J connectivity index is 1.53. The van der Waals surface area contributed by atoms with Crippen LogP contribution in [0.5, 0.6) is 5.75 Å². The van der Waals surface area contributed by atoms with Crippen molar-refractivity contribution >= 4 is 21.4 Å². The van der Waals surface area contributed by atoms with Crippen LogP contribution in [0.1, 0.15) is 31.9 Å². The van der Waals surface area contributed by atoms with E-state index in [1.807, 2.05) is 12.1 Å². The second-order valence-electron chi connectivity index (χ2n) is 9.41. The highest BCUT2D eigenvalue weighted by Gasteiger charge is 2.35. The molecule has 0 saturated carbocycles. The number of nitriles is 1. The van der Waals surface area contributed by atoms with Gasteiger partial charge in [0.25, 0.3) is 0 Å². The van der Waals surface area contributed by atoms with Crippen LogP contribution < -0.4 is 4.74 Å². The number of benzene rings is 2. The molecule has 1 fully saturated rings. The van der Waals surface area contributed by atoms with Crippen LogP contribution in [0.15, 0.2) is 47.4 Å². The third-order valence-corrected chi connectivity index (χ3v) is 9.05. The van der Waals surface area contributed by atoms with Gasteiger partial charge >= 0.3 is 0 Å². The summed E-state index contributed by atoms with van der Waals surface area (Å²) in [4.78, 5) is 2.58. The molecule has 2 aromatic rings. The summed E-state index contributed by atoms with van der Waals surface area (Å²) in [6.45, 7) is 8.13. The Morgan fingerprint density at radius 1 is 1.21 bits per heavy atom. The van der Waals surface area contributed by atoms with E-state index in [1.54, 1.807) is 18.2 Å². The third kappa shape index (κ3) is 6.07. The molecule has 2 aromatic carbocycles. The zero-order valence-corrected chi connectivity index (χ0v) is 20.9. The van der Waals surface area contributed by atoms with Gasteiger partial charge in [0.05, 0.1) is 34.5 Å². The topological polar surface area (TPSA) is 90.6 Å². The van der Waals surface area contributed by atoms with Crippen molar-refractivity contribution in [1.82, 2.24) is 4.90 Å². The maximum Gasteiger partial charge on any atom is 0.185 e. The van der Waals surface area contributed by atoms with Gasteiger partial charge in [0.15, 0.2) is 9.84 Å². The Bertz CT molecular complexity index is 1110. The standard InChI is InChI=1S/C25H31ClN2O4S/c1-18-14-28(9-8-19-10-20(13-27)12-22(26)11-19)15-21(18)16-32-23-4-6-24(7-5-23)33(30,31)25(2,3)17-29/h4-7,10-12,18,21,29H,8-9,14-17H2,1-3H3/t18-,21+/m1/s1. The molecule has 1 aliphatic rings. The Labute approximate surface area is 201 Å². The van der Waals surface area contributed by atoms with Crippen molar-refractivity contribution in [2.45, 2.75) is 36.8 Å². The maximum atomic E-state index is 12.6. The lowest BCUT2D eigenvalue weighted by Crippen LogP contribution is -2.35. The monoisotopic (exact) mass is 490 g/mol. The zero-order valence-electron chi connectivity index (χ0n) is 19.3. The highest BCUT2D eigenvalue weighted by Crippen LogP contribution is 2.28. The first-order chi connectivity index (χ1) is 15.6. The Kier molecular flexibility index (Phi) is 8.07. The molecular weight excluding hydrogens is 460 g/mol. The van der Waals surface area contributed by atoms with Gasteiger partial charge in [-0.15, -0.1) is 0 Å². The summed E-state index contributed by atoms with van der Waals surface area (Å²) in [6.07, 6.45) is 0.829. The second kappa shape index (κ2) is 10.4. The normalized spacial score (nSPS) is 19.4. The highest BCUT2D eigenvalue weighted by molar-refractivity contribution is 7.92. The fraction of sp³-hybridized carbons (Fsp3) is 0.480. The lowest BCUT2D eigenvalue weighted by atomic mass is 9.99. The first-order valence-electron chi connectivity index (χ1n) is 11.1. The molecule has 1 aliphatic heterocycles. The van der Waals surface area contributed by atoms with E-state index >= 15 is 0 Å². The van der Waals surface area contributed by atoms with Crippen LogP contribution in [-0.4, -0.2) is 56.0 Å². The van der Waals surface area contributed by atoms with E-state index < -0.39 is 21.2 Å². The molecule has 0 spiro atoms. The second-order valence-corrected chi connectivity index (χ2v) is 12.4. The predicted molar refractivity (Wildman–Crippen MR) is 129 cm³/mol. The average molecular weight is 491 g/mol. The van der Waals surface area contributed by atoms with Crippen molar-refractivity contribution in [3.8, 4) is 11.8 Å². The lowest BCUT2D eigenvalue weighted by Gasteiger charge is -2.22. The van der Waals surface area contributed by atoms with E-state index in [9.17, 15) is 13.5 Å². The number of rotatable bonds is 9. The molecule has 1 saturated heterocycles. The zero-order chi connectivity index (χ0) is 24.2. The molecule has 0 amide bonds. The van der Waals surface area contributed by atoms with Crippen molar-refractivity contribution in [3.05, 3.63) is 58.6 Å². The number of likely N-dealkylation sites (tertiary alicyclic amines) is 1. The first kappa shape index (κ1) is 25.5. The number of hydrogen-bond donors (Lipinski definition) is 1. The number of aliphatic hydroxyl groups is 1. The van der Waals surface area contributed by atoms with Gasteiger partial charge in [0.2, 0.25) is 0 Å². The van der Waals surface area contributed by atoms with Gasteiger partial charge in [0.1, 0.15) is 5.75 Å². The van der Waals surface area contributed by atoms with Crippen molar-refractivity contribution in [2.75, 3.05) is 32.8 Å². The molecule has 0 unspecified atom stereocenters. The van der Waals surface area contributed by atoms with E-state index in [1.165, 1.54) is 26.0 Å². The average Bonchev–Trinajstić information content (AvgIpc) is 3.15. The third-order valence-electron chi connectivity index (χ3n) is 6.35. The van der Waals surface area contributed by atoms with Gasteiger partial charge in [-0.3, -0.25) is 0 Å². The summed E-state index contributed by atoms with van der Waals surface area (Å²) < 4.78 is 30.0. The number of halogens is 1. The summed E-state index contributed by atoms with van der Waals surface area (Å²) in [6, 6.07) is 14.0. The first-order valence-corrected chi connectivity index (χ1v) is 12.9. The van der Waals surface area contributed by atoms with Crippen molar-refractivity contribution in [1.29, 1.82) is 5.26 Å². The molecule has 178 valence electrons. The van der Waals surface area contributed by atoms with Gasteiger partial charge in [-0.1, -0.05) is 18.5 Å². The lowest BCUT2D eigenvalue weighted by molar-refractivity contribution is 0.225. The predicted octanol–water partition coefficient (Wildman–Crippen LogP) is 3.95. The molecule has 8 heteroatoms. The van der Waals surface area contributed by atoms with E-state index in [0.29, 0.717) is 34.8 Å². The SMILES string of the molecule is C[C@@H]1CN(CCc2cc(Cl)cc(C#N)c2)C[C@H]1COc1ccc(S(=O)(=O)C(C)(C)CO)cc1.